The van der Waals surface area contributed by atoms with Crippen LogP contribution in [0, 0.1) is 30.4 Å². The Hall–Kier alpha value is -4.39. The van der Waals surface area contributed by atoms with Crippen LogP contribution in [0.5, 0.6) is 0 Å². The van der Waals surface area contributed by atoms with E-state index in [0.29, 0.717) is 17.8 Å². The van der Waals surface area contributed by atoms with E-state index in [1.807, 2.05) is 0 Å². The number of nitrogens with zero attached hydrogens (tertiary/aromatic N) is 6. The molecule has 1 saturated carbocycles. The number of benzene rings is 1. The second kappa shape index (κ2) is 10.5. The molecule has 4 heterocycles. The number of halogens is 5. The molecule has 0 bridgehead atoms. The van der Waals surface area contributed by atoms with Gasteiger partial charge in [0.2, 0.25) is 5.91 Å². The Kier molecular flexibility index (Phi) is 6.92. The number of fused-ring (bicyclic) bond motifs is 1. The highest BCUT2D eigenvalue weighted by atomic mass is 35.5. The van der Waals surface area contributed by atoms with Crippen molar-refractivity contribution in [1.82, 2.24) is 24.7 Å². The highest BCUT2D eigenvalue weighted by Gasteiger charge is 2.53. The highest BCUT2D eigenvalue weighted by Crippen LogP contribution is 2.47. The average molecular weight is 600 g/mol. The number of hydrogen-bond donors (Lipinski definition) is 1. The zero-order valence-corrected chi connectivity index (χ0v) is 22.9. The van der Waals surface area contributed by atoms with Crippen LogP contribution in [-0.2, 0) is 4.79 Å². The monoisotopic (exact) mass is 599 g/mol. The Balaban J connectivity index is 1.24. The van der Waals surface area contributed by atoms with E-state index in [0.717, 1.165) is 24.8 Å². The Bertz CT molecular complexity index is 1750. The van der Waals surface area contributed by atoms with Crippen LogP contribution in [0.4, 0.5) is 29.1 Å². The Labute approximate surface area is 241 Å². The Morgan fingerprint density at radius 1 is 1.17 bits per heavy atom. The lowest BCUT2D eigenvalue weighted by molar-refractivity contribution is -0.118. The fourth-order valence-electron chi connectivity index (χ4n) is 5.28. The van der Waals surface area contributed by atoms with Crippen molar-refractivity contribution in [1.29, 1.82) is 0 Å². The second-order valence-electron chi connectivity index (χ2n) is 10.2. The normalized spacial score (nSPS) is 18.4. The Morgan fingerprint density at radius 2 is 1.93 bits per heavy atom. The standard InChI is InChI=1S/C28H22ClF4N7O2/c1-12-17(8-20(30)26(37-12)39-10-14-7-18(14)28(39)42)13(2)40-11-15(9-36-40)38-27(41)24-23(34-5-6-35-24)21-16(25(32)33)3-4-19(29)22(21)31/h3-6,8-9,11,13-14,18,25H,7,10H2,1-2H3,(H,38,41)/t13?,14-,18-/m1/s1. The molecule has 3 atom stereocenters. The smallest absolute Gasteiger partial charge is 0.276 e. The summed E-state index contributed by atoms with van der Waals surface area (Å²) in [5.74, 6) is -2.48. The van der Waals surface area contributed by atoms with Crippen molar-refractivity contribution in [2.75, 3.05) is 16.8 Å². The van der Waals surface area contributed by atoms with Crippen LogP contribution >= 0.6 is 11.6 Å². The third kappa shape index (κ3) is 4.77. The van der Waals surface area contributed by atoms with Crippen LogP contribution in [0.3, 0.4) is 0 Å². The molecule has 1 N–H and O–H groups in total. The molecule has 4 aromatic rings. The van der Waals surface area contributed by atoms with Crippen LogP contribution in [0.25, 0.3) is 11.3 Å². The number of nitrogens with one attached hydrogen (secondary N) is 1. The molecule has 1 unspecified atom stereocenters. The molecule has 9 nitrogen and oxygen atoms in total. The quantitative estimate of drug-likeness (QED) is 0.271. The summed E-state index contributed by atoms with van der Waals surface area (Å²) in [6.07, 6.45) is 2.90. The lowest BCUT2D eigenvalue weighted by Gasteiger charge is -2.21. The first-order valence-electron chi connectivity index (χ1n) is 13.0. The number of anilines is 2. The molecule has 2 amide bonds. The minimum Gasteiger partial charge on any atom is -0.318 e. The van der Waals surface area contributed by atoms with Crippen molar-refractivity contribution in [2.45, 2.75) is 32.7 Å². The maximum atomic E-state index is 15.1. The van der Waals surface area contributed by atoms with Gasteiger partial charge in [-0.3, -0.25) is 24.2 Å². The van der Waals surface area contributed by atoms with E-state index in [9.17, 15) is 22.8 Å². The van der Waals surface area contributed by atoms with Crippen molar-refractivity contribution in [3.05, 3.63) is 82.2 Å². The summed E-state index contributed by atoms with van der Waals surface area (Å²) in [5.41, 5.74) is -0.904. The second-order valence-corrected chi connectivity index (χ2v) is 10.6. The number of carbonyl (C=O) groups is 2. The third-order valence-corrected chi connectivity index (χ3v) is 7.88. The molecule has 2 fully saturated rings. The largest absolute Gasteiger partial charge is 0.318 e. The molecule has 1 saturated heterocycles. The first-order valence-corrected chi connectivity index (χ1v) is 13.3. The van der Waals surface area contributed by atoms with Gasteiger partial charge < -0.3 is 5.32 Å². The zero-order chi connectivity index (χ0) is 29.9. The van der Waals surface area contributed by atoms with E-state index in [1.54, 1.807) is 13.8 Å². The molecule has 14 heteroatoms. The van der Waals surface area contributed by atoms with Gasteiger partial charge in [-0.2, -0.15) is 5.10 Å². The molecule has 216 valence electrons. The summed E-state index contributed by atoms with van der Waals surface area (Å²) < 4.78 is 58.9. The molecular weight excluding hydrogens is 578 g/mol. The summed E-state index contributed by atoms with van der Waals surface area (Å²) in [5, 5.41) is 6.40. The summed E-state index contributed by atoms with van der Waals surface area (Å²) in [6, 6.07) is 2.77. The lowest BCUT2D eigenvalue weighted by atomic mass is 10.0. The van der Waals surface area contributed by atoms with E-state index < -0.39 is 57.5 Å². The van der Waals surface area contributed by atoms with Crippen molar-refractivity contribution >= 4 is 34.9 Å². The molecule has 0 radical (unpaired) electrons. The number of aromatic nitrogens is 5. The van der Waals surface area contributed by atoms with Crippen molar-refractivity contribution in [2.24, 2.45) is 11.8 Å². The number of carbonyl (C=O) groups excluding carboxylic acids is 2. The SMILES string of the molecule is Cc1nc(N2C[C@H]3C[C@H]3C2=O)c(F)cc1C(C)n1cc(NC(=O)c2nccnc2-c2c(C(F)F)ccc(Cl)c2F)cn1. The molecule has 1 aliphatic carbocycles. The van der Waals surface area contributed by atoms with Gasteiger partial charge in [0, 0.05) is 53.4 Å². The molecule has 42 heavy (non-hydrogen) atoms. The van der Waals surface area contributed by atoms with Gasteiger partial charge in [-0.05, 0) is 38.3 Å². The Morgan fingerprint density at radius 3 is 2.64 bits per heavy atom. The first-order chi connectivity index (χ1) is 20.0. The first kappa shape index (κ1) is 27.8. The lowest BCUT2D eigenvalue weighted by Crippen LogP contribution is -2.30. The van der Waals surface area contributed by atoms with Gasteiger partial charge in [0.05, 0.1) is 22.9 Å². The molecule has 3 aromatic heterocycles. The summed E-state index contributed by atoms with van der Waals surface area (Å²) >= 11 is 5.84. The van der Waals surface area contributed by atoms with Gasteiger partial charge >= 0.3 is 0 Å². The van der Waals surface area contributed by atoms with Gasteiger partial charge in [0.25, 0.3) is 12.3 Å². The number of alkyl halides is 2. The van der Waals surface area contributed by atoms with E-state index in [2.05, 4.69) is 25.4 Å². The maximum absolute atomic E-state index is 15.1. The highest BCUT2D eigenvalue weighted by molar-refractivity contribution is 6.31. The van der Waals surface area contributed by atoms with Crippen LogP contribution in [0.1, 0.15) is 53.1 Å². The summed E-state index contributed by atoms with van der Waals surface area (Å²) in [7, 11) is 0. The fraction of sp³-hybridized carbons (Fsp3) is 0.286. The van der Waals surface area contributed by atoms with Crippen LogP contribution < -0.4 is 10.2 Å². The molecular formula is C28H22ClF4N7O2. The molecule has 2 aliphatic rings. The maximum Gasteiger partial charge on any atom is 0.276 e. The number of pyridine rings is 1. The predicted molar refractivity (Wildman–Crippen MR) is 144 cm³/mol. The average Bonchev–Trinajstić information content (AvgIpc) is 3.46. The van der Waals surface area contributed by atoms with E-state index in [1.165, 1.54) is 34.2 Å². The molecule has 6 rings (SSSR count). The number of piperidine rings is 1. The molecule has 1 aliphatic heterocycles. The fourth-order valence-corrected chi connectivity index (χ4v) is 5.44. The van der Waals surface area contributed by atoms with Crippen molar-refractivity contribution < 1.29 is 27.2 Å². The number of aryl methyl sites for hydroxylation is 1. The minimum absolute atomic E-state index is 0.0139. The predicted octanol–water partition coefficient (Wildman–Crippen LogP) is 5.76. The van der Waals surface area contributed by atoms with Crippen molar-refractivity contribution in [3.63, 3.8) is 0 Å². The number of rotatable bonds is 7. The van der Waals surface area contributed by atoms with E-state index >= 15 is 4.39 Å². The van der Waals surface area contributed by atoms with Gasteiger partial charge in [-0.15, -0.1) is 0 Å². The van der Waals surface area contributed by atoms with Crippen LogP contribution in [0.2, 0.25) is 5.02 Å². The zero-order valence-electron chi connectivity index (χ0n) is 22.2. The van der Waals surface area contributed by atoms with Crippen LogP contribution in [0.15, 0.2) is 43.0 Å². The van der Waals surface area contributed by atoms with E-state index in [-0.39, 0.29) is 29.2 Å². The summed E-state index contributed by atoms with van der Waals surface area (Å²) in [4.78, 5) is 39.3. The minimum atomic E-state index is -3.07. The number of hydrogen-bond acceptors (Lipinski definition) is 6. The molecule has 0 spiro atoms. The number of amides is 2. The third-order valence-electron chi connectivity index (χ3n) is 7.58. The summed E-state index contributed by atoms with van der Waals surface area (Å²) in [6.45, 7) is 3.93. The molecule has 1 aromatic carbocycles. The van der Waals surface area contributed by atoms with Crippen molar-refractivity contribution in [3.8, 4) is 11.3 Å². The van der Waals surface area contributed by atoms with E-state index in [4.69, 9.17) is 11.6 Å². The van der Waals surface area contributed by atoms with Gasteiger partial charge in [-0.1, -0.05) is 17.7 Å². The van der Waals surface area contributed by atoms with Crippen LogP contribution in [-0.4, -0.2) is 43.1 Å². The van der Waals surface area contributed by atoms with Gasteiger partial charge in [0.1, 0.15) is 5.69 Å². The van der Waals surface area contributed by atoms with Gasteiger partial charge in [0.15, 0.2) is 23.1 Å². The van der Waals surface area contributed by atoms with Gasteiger partial charge in [-0.25, -0.2) is 27.5 Å². The topological polar surface area (TPSA) is 106 Å².